The molecule has 5 rings (SSSR count). The third-order valence-electron chi connectivity index (χ3n) is 4.94. The molecule has 4 aromatic rings. The van der Waals surface area contributed by atoms with E-state index >= 15 is 0 Å². The Bertz CT molecular complexity index is 1230. The van der Waals surface area contributed by atoms with Crippen LogP contribution >= 0.6 is 0 Å². The predicted molar refractivity (Wildman–Crippen MR) is 94.6 cm³/mol. The van der Waals surface area contributed by atoms with E-state index in [1.165, 1.54) is 25.3 Å². The first-order chi connectivity index (χ1) is 12.6. The van der Waals surface area contributed by atoms with E-state index in [1.807, 2.05) is 29.8 Å². The largest absolute Gasteiger partial charge is 0.493 e. The Morgan fingerprint density at radius 3 is 2.62 bits per heavy atom. The number of ether oxygens (including phenoxy) is 2. The van der Waals surface area contributed by atoms with Crippen molar-refractivity contribution in [2.45, 2.75) is 0 Å². The molecule has 128 valence electrons. The van der Waals surface area contributed by atoms with E-state index in [0.29, 0.717) is 17.1 Å². The number of methoxy groups -OCH3 is 1. The van der Waals surface area contributed by atoms with Crippen molar-refractivity contribution in [3.05, 3.63) is 60.2 Å². The summed E-state index contributed by atoms with van der Waals surface area (Å²) >= 11 is 0. The van der Waals surface area contributed by atoms with Crippen LogP contribution < -0.4 is 14.0 Å². The fourth-order valence-corrected chi connectivity index (χ4v) is 3.78. The van der Waals surface area contributed by atoms with Crippen molar-refractivity contribution in [1.29, 1.82) is 0 Å². The summed E-state index contributed by atoms with van der Waals surface area (Å²) in [6, 6.07) is 13.3. The van der Waals surface area contributed by atoms with Crippen LogP contribution in [0.4, 0.5) is 8.78 Å². The van der Waals surface area contributed by atoms with Crippen molar-refractivity contribution in [1.82, 2.24) is 0 Å². The van der Waals surface area contributed by atoms with Crippen LogP contribution in [-0.2, 0) is 7.05 Å². The van der Waals surface area contributed by atoms with Crippen molar-refractivity contribution in [3.63, 3.8) is 0 Å². The molecular weight excluding hydrogens is 336 g/mol. The first-order valence-corrected chi connectivity index (χ1v) is 8.18. The van der Waals surface area contributed by atoms with E-state index in [-0.39, 0.29) is 11.6 Å². The summed E-state index contributed by atoms with van der Waals surface area (Å²) in [5, 5.41) is 2.43. The number of rotatable bonds is 1. The highest BCUT2D eigenvalue weighted by Crippen LogP contribution is 2.46. The lowest BCUT2D eigenvalue weighted by Gasteiger charge is -2.20. The second-order valence-corrected chi connectivity index (χ2v) is 6.33. The second kappa shape index (κ2) is 5.14. The van der Waals surface area contributed by atoms with Crippen molar-refractivity contribution in [3.8, 4) is 28.5 Å². The fraction of sp³-hybridized carbons (Fsp3) is 0.0952. The van der Waals surface area contributed by atoms with E-state index in [2.05, 4.69) is 0 Å². The van der Waals surface area contributed by atoms with Gasteiger partial charge in [0.2, 0.25) is 11.2 Å². The monoisotopic (exact) mass is 350 g/mol. The Kier molecular flexibility index (Phi) is 2.98. The van der Waals surface area contributed by atoms with Gasteiger partial charge >= 0.3 is 0 Å². The number of hydrogen-bond donors (Lipinski definition) is 0. The number of fused-ring (bicyclic) bond motifs is 4. The van der Waals surface area contributed by atoms with Gasteiger partial charge in [0, 0.05) is 5.39 Å². The minimum Gasteiger partial charge on any atom is -0.493 e. The molecule has 0 radical (unpaired) electrons. The number of benzene rings is 3. The van der Waals surface area contributed by atoms with Gasteiger partial charge in [-0.1, -0.05) is 12.1 Å². The molecule has 0 spiro atoms. The Morgan fingerprint density at radius 1 is 0.962 bits per heavy atom. The lowest BCUT2D eigenvalue weighted by Crippen LogP contribution is -2.33. The van der Waals surface area contributed by atoms with Crippen molar-refractivity contribution >= 4 is 21.7 Å². The number of aryl methyl sites for hydroxylation is 1. The van der Waals surface area contributed by atoms with Gasteiger partial charge in [-0.05, 0) is 30.3 Å². The van der Waals surface area contributed by atoms with Gasteiger partial charge in [0.05, 0.1) is 29.5 Å². The van der Waals surface area contributed by atoms with Gasteiger partial charge in [-0.2, -0.15) is 4.57 Å². The molecule has 0 saturated heterocycles. The topological polar surface area (TPSA) is 22.3 Å². The average Bonchev–Trinajstić information content (AvgIpc) is 2.64. The fourth-order valence-electron chi connectivity index (χ4n) is 3.78. The van der Waals surface area contributed by atoms with Crippen molar-refractivity contribution in [2.75, 3.05) is 7.11 Å². The molecule has 1 aromatic heterocycles. The maximum absolute atomic E-state index is 14.4. The minimum absolute atomic E-state index is 0.169. The number of halogens is 2. The molecule has 0 saturated carbocycles. The molecule has 5 heteroatoms. The maximum Gasteiger partial charge on any atom is 0.228 e. The van der Waals surface area contributed by atoms with Gasteiger partial charge in [-0.15, -0.1) is 0 Å². The van der Waals surface area contributed by atoms with Gasteiger partial charge in [0.25, 0.3) is 0 Å². The van der Waals surface area contributed by atoms with Crippen LogP contribution in [0.2, 0.25) is 0 Å². The molecule has 2 heterocycles. The van der Waals surface area contributed by atoms with Gasteiger partial charge in [0.15, 0.2) is 11.6 Å². The van der Waals surface area contributed by atoms with Crippen LogP contribution in [-0.4, -0.2) is 7.11 Å². The molecule has 0 aliphatic carbocycles. The van der Waals surface area contributed by atoms with Crippen molar-refractivity contribution < 1.29 is 22.8 Å². The zero-order valence-corrected chi connectivity index (χ0v) is 14.1. The van der Waals surface area contributed by atoms with E-state index in [0.717, 1.165) is 27.4 Å². The number of hydrogen-bond acceptors (Lipinski definition) is 2. The van der Waals surface area contributed by atoms with E-state index in [1.54, 1.807) is 12.1 Å². The quantitative estimate of drug-likeness (QED) is 0.318. The summed E-state index contributed by atoms with van der Waals surface area (Å²) in [4.78, 5) is 0. The molecule has 0 N–H and O–H groups in total. The summed E-state index contributed by atoms with van der Waals surface area (Å²) in [6.45, 7) is 0. The van der Waals surface area contributed by atoms with E-state index in [9.17, 15) is 8.78 Å². The summed E-state index contributed by atoms with van der Waals surface area (Å²) in [5.74, 6) is 0.670. The normalized spacial score (nSPS) is 12.2. The van der Waals surface area contributed by atoms with Crippen LogP contribution in [0.5, 0.6) is 17.2 Å². The van der Waals surface area contributed by atoms with Crippen LogP contribution in [0.25, 0.3) is 32.9 Å². The molecule has 0 bridgehead atoms. The number of aromatic nitrogens is 1. The summed E-state index contributed by atoms with van der Waals surface area (Å²) < 4.78 is 41.4. The van der Waals surface area contributed by atoms with Gasteiger partial charge < -0.3 is 9.47 Å². The van der Waals surface area contributed by atoms with Gasteiger partial charge in [-0.3, -0.25) is 0 Å². The predicted octanol–water partition coefficient (Wildman–Crippen LogP) is 4.88. The molecule has 1 aliphatic rings. The number of pyridine rings is 1. The smallest absolute Gasteiger partial charge is 0.228 e. The highest BCUT2D eigenvalue weighted by atomic mass is 19.1. The lowest BCUT2D eigenvalue weighted by molar-refractivity contribution is -0.632. The zero-order chi connectivity index (χ0) is 18.0. The Morgan fingerprint density at radius 2 is 1.81 bits per heavy atom. The average molecular weight is 350 g/mol. The first kappa shape index (κ1) is 15.1. The highest BCUT2D eigenvalue weighted by Gasteiger charge is 2.31. The summed E-state index contributed by atoms with van der Waals surface area (Å²) in [7, 11) is 3.32. The van der Waals surface area contributed by atoms with Crippen LogP contribution in [0.3, 0.4) is 0 Å². The van der Waals surface area contributed by atoms with Crippen molar-refractivity contribution in [2.24, 2.45) is 7.05 Å². The molecule has 0 fully saturated rings. The Labute approximate surface area is 148 Å². The Hall–Kier alpha value is -3.21. The molecule has 0 atom stereocenters. The lowest BCUT2D eigenvalue weighted by atomic mass is 9.96. The molecule has 0 amide bonds. The minimum atomic E-state index is -0.427. The van der Waals surface area contributed by atoms with Crippen LogP contribution in [0.1, 0.15) is 0 Å². The first-order valence-electron chi connectivity index (χ1n) is 8.18. The summed E-state index contributed by atoms with van der Waals surface area (Å²) in [5.41, 5.74) is 2.29. The number of nitrogens with zero attached hydrogens (tertiary/aromatic N) is 1. The summed E-state index contributed by atoms with van der Waals surface area (Å²) in [6.07, 6.45) is 0. The molecule has 26 heavy (non-hydrogen) atoms. The Balaban J connectivity index is 2.04. The maximum atomic E-state index is 14.4. The van der Waals surface area contributed by atoms with E-state index in [4.69, 9.17) is 9.47 Å². The molecular formula is C21H14F2NO2+. The third kappa shape index (κ3) is 1.88. The molecule has 1 aliphatic heterocycles. The third-order valence-corrected chi connectivity index (χ3v) is 4.94. The SMILES string of the molecule is COc1cc2c(cc1F)c1cccc3c1c([n+]2C)-c1cc(F)ccc1O3. The van der Waals surface area contributed by atoms with Crippen LogP contribution in [0, 0.1) is 11.6 Å². The standard InChI is InChI=1S/C21H14F2NO2/c1-24-16-10-19(25-2)15(23)9-13(16)12-4-3-5-18-20(12)21(24)14-8-11(22)6-7-17(14)26-18/h3-10H,1-2H3/q+1. The molecule has 3 nitrogen and oxygen atoms in total. The molecule has 3 aromatic carbocycles. The van der Waals surface area contributed by atoms with E-state index < -0.39 is 5.82 Å². The second-order valence-electron chi connectivity index (χ2n) is 6.33. The zero-order valence-electron chi connectivity index (χ0n) is 14.1. The highest BCUT2D eigenvalue weighted by molar-refractivity contribution is 6.12. The van der Waals surface area contributed by atoms with Gasteiger partial charge in [0.1, 0.15) is 24.4 Å². The molecule has 0 unspecified atom stereocenters. The van der Waals surface area contributed by atoms with Crippen LogP contribution in [0.15, 0.2) is 48.5 Å². The van der Waals surface area contributed by atoms with Gasteiger partial charge in [-0.25, -0.2) is 8.78 Å².